The maximum atomic E-state index is 12.6. The van der Waals surface area contributed by atoms with E-state index in [1.807, 2.05) is 6.92 Å². The zero-order valence-electron chi connectivity index (χ0n) is 11.5. The van der Waals surface area contributed by atoms with Crippen molar-refractivity contribution < 1.29 is 13.2 Å². The van der Waals surface area contributed by atoms with Gasteiger partial charge in [0, 0.05) is 12.6 Å². The van der Waals surface area contributed by atoms with Gasteiger partial charge in [-0.2, -0.15) is 4.31 Å². The third-order valence-electron chi connectivity index (χ3n) is 3.71. The number of hydrogen-bond donors (Lipinski definition) is 0. The van der Waals surface area contributed by atoms with Crippen molar-refractivity contribution in [3.8, 4) is 5.75 Å². The predicted molar refractivity (Wildman–Crippen MR) is 74.8 cm³/mol. The molecule has 19 heavy (non-hydrogen) atoms. The predicted octanol–water partition coefficient (Wildman–Crippen LogP) is 2.65. The first kappa shape index (κ1) is 14.3. The number of benzene rings is 1. The van der Waals surface area contributed by atoms with E-state index in [0.717, 1.165) is 25.7 Å². The van der Waals surface area contributed by atoms with Crippen LogP contribution in [0.1, 0.15) is 32.6 Å². The van der Waals surface area contributed by atoms with E-state index in [1.165, 1.54) is 0 Å². The molecule has 0 spiro atoms. The van der Waals surface area contributed by atoms with Gasteiger partial charge in [-0.05, 0) is 43.5 Å². The van der Waals surface area contributed by atoms with Crippen LogP contribution >= 0.6 is 0 Å². The highest BCUT2D eigenvalue weighted by Gasteiger charge is 2.32. The van der Waals surface area contributed by atoms with Crippen molar-refractivity contribution in [2.24, 2.45) is 0 Å². The molecular weight excluding hydrogens is 262 g/mol. The van der Waals surface area contributed by atoms with E-state index >= 15 is 0 Å². The number of ether oxygens (including phenoxy) is 1. The summed E-state index contributed by atoms with van der Waals surface area (Å²) in [7, 11) is -1.80. The lowest BCUT2D eigenvalue weighted by Gasteiger charge is -2.34. The van der Waals surface area contributed by atoms with E-state index in [-0.39, 0.29) is 6.04 Å². The lowest BCUT2D eigenvalue weighted by molar-refractivity contribution is 0.246. The summed E-state index contributed by atoms with van der Waals surface area (Å²) in [6.07, 6.45) is 3.90. The summed E-state index contributed by atoms with van der Waals surface area (Å²) in [4.78, 5) is 0.355. The van der Waals surface area contributed by atoms with Crippen LogP contribution in [0.5, 0.6) is 5.75 Å². The van der Waals surface area contributed by atoms with Crippen LogP contribution in [-0.4, -0.2) is 32.4 Å². The van der Waals surface area contributed by atoms with E-state index in [4.69, 9.17) is 4.74 Å². The first-order valence-electron chi connectivity index (χ1n) is 6.75. The lowest BCUT2D eigenvalue weighted by Crippen LogP contribution is -2.43. The first-order chi connectivity index (χ1) is 9.09. The maximum Gasteiger partial charge on any atom is 0.243 e. The molecule has 1 saturated heterocycles. The van der Waals surface area contributed by atoms with Crippen LogP contribution < -0.4 is 4.74 Å². The highest BCUT2D eigenvalue weighted by Crippen LogP contribution is 2.27. The normalized spacial score (nSPS) is 21.3. The third-order valence-corrected chi connectivity index (χ3v) is 5.68. The van der Waals surface area contributed by atoms with Crippen LogP contribution in [0.25, 0.3) is 0 Å². The minimum atomic E-state index is -3.37. The van der Waals surface area contributed by atoms with E-state index < -0.39 is 10.0 Å². The molecule has 0 amide bonds. The van der Waals surface area contributed by atoms with Crippen LogP contribution in [0.4, 0.5) is 0 Å². The molecule has 1 aliphatic heterocycles. The molecule has 0 aromatic heterocycles. The summed E-state index contributed by atoms with van der Waals surface area (Å²) in [5, 5.41) is 0. The van der Waals surface area contributed by atoms with Crippen LogP contribution in [0.3, 0.4) is 0 Å². The van der Waals surface area contributed by atoms with Gasteiger partial charge < -0.3 is 4.74 Å². The lowest BCUT2D eigenvalue weighted by atomic mass is 10.0. The van der Waals surface area contributed by atoms with Gasteiger partial charge in [0.2, 0.25) is 10.0 Å². The molecule has 5 heteroatoms. The molecule has 1 heterocycles. The molecule has 0 N–H and O–H groups in total. The Bertz CT molecular complexity index is 510. The summed E-state index contributed by atoms with van der Waals surface area (Å²) in [6.45, 7) is 2.68. The molecule has 1 aromatic carbocycles. The van der Waals surface area contributed by atoms with Gasteiger partial charge in [-0.1, -0.05) is 13.3 Å². The second kappa shape index (κ2) is 5.92. The quantitative estimate of drug-likeness (QED) is 0.853. The molecule has 106 valence electrons. The van der Waals surface area contributed by atoms with Crippen LogP contribution in [0.2, 0.25) is 0 Å². The second-order valence-electron chi connectivity index (χ2n) is 4.85. The number of hydrogen-bond acceptors (Lipinski definition) is 3. The van der Waals surface area contributed by atoms with Crippen molar-refractivity contribution in [1.82, 2.24) is 4.31 Å². The highest BCUT2D eigenvalue weighted by molar-refractivity contribution is 7.89. The number of piperidine rings is 1. The van der Waals surface area contributed by atoms with Crippen molar-refractivity contribution in [2.75, 3.05) is 13.7 Å². The molecule has 1 aromatic rings. The second-order valence-corrected chi connectivity index (χ2v) is 6.74. The zero-order chi connectivity index (χ0) is 13.9. The van der Waals surface area contributed by atoms with E-state index in [9.17, 15) is 8.42 Å². The van der Waals surface area contributed by atoms with Crippen molar-refractivity contribution in [2.45, 2.75) is 43.5 Å². The largest absolute Gasteiger partial charge is 0.497 e. The Hall–Kier alpha value is -1.07. The average Bonchev–Trinajstić information content (AvgIpc) is 2.47. The molecule has 0 radical (unpaired) electrons. The Morgan fingerprint density at radius 1 is 1.26 bits per heavy atom. The van der Waals surface area contributed by atoms with Gasteiger partial charge in [-0.3, -0.25) is 0 Å². The standard InChI is InChI=1S/C14H21NO3S/c1-3-12-6-4-5-11-15(12)19(16,17)14-9-7-13(18-2)8-10-14/h7-10,12H,3-6,11H2,1-2H3/t12-/m0/s1. The Balaban J connectivity index is 2.29. The number of methoxy groups -OCH3 is 1. The first-order valence-corrected chi connectivity index (χ1v) is 8.19. The Morgan fingerprint density at radius 3 is 2.53 bits per heavy atom. The molecule has 0 bridgehead atoms. The summed E-state index contributed by atoms with van der Waals surface area (Å²) < 4.78 is 32.0. The van der Waals surface area contributed by atoms with Gasteiger partial charge in [-0.15, -0.1) is 0 Å². The minimum absolute atomic E-state index is 0.140. The Morgan fingerprint density at radius 2 is 1.95 bits per heavy atom. The summed E-state index contributed by atoms with van der Waals surface area (Å²) in [5.41, 5.74) is 0. The topological polar surface area (TPSA) is 46.6 Å². The van der Waals surface area contributed by atoms with Gasteiger partial charge >= 0.3 is 0 Å². The number of nitrogens with zero attached hydrogens (tertiary/aromatic N) is 1. The van der Waals surface area contributed by atoms with Gasteiger partial charge in [-0.25, -0.2) is 8.42 Å². The van der Waals surface area contributed by atoms with Gasteiger partial charge in [0.25, 0.3) is 0 Å². The van der Waals surface area contributed by atoms with Crippen molar-refractivity contribution in [3.05, 3.63) is 24.3 Å². The number of rotatable bonds is 4. The Labute approximate surface area is 115 Å². The molecule has 1 fully saturated rings. The summed E-state index contributed by atoms with van der Waals surface area (Å²) in [6, 6.07) is 6.77. The molecule has 1 atom stereocenters. The minimum Gasteiger partial charge on any atom is -0.497 e. The summed E-state index contributed by atoms with van der Waals surface area (Å²) >= 11 is 0. The monoisotopic (exact) mass is 283 g/mol. The zero-order valence-corrected chi connectivity index (χ0v) is 12.3. The molecule has 2 rings (SSSR count). The molecule has 4 nitrogen and oxygen atoms in total. The van der Waals surface area contributed by atoms with Crippen molar-refractivity contribution in [1.29, 1.82) is 0 Å². The van der Waals surface area contributed by atoms with Crippen LogP contribution in [0, 0.1) is 0 Å². The molecule has 0 aliphatic carbocycles. The average molecular weight is 283 g/mol. The van der Waals surface area contributed by atoms with Crippen LogP contribution in [-0.2, 0) is 10.0 Å². The van der Waals surface area contributed by atoms with Gasteiger partial charge in [0.15, 0.2) is 0 Å². The smallest absolute Gasteiger partial charge is 0.243 e. The molecular formula is C14H21NO3S. The maximum absolute atomic E-state index is 12.6. The fourth-order valence-corrected chi connectivity index (χ4v) is 4.35. The highest BCUT2D eigenvalue weighted by atomic mass is 32.2. The van der Waals surface area contributed by atoms with E-state index in [0.29, 0.717) is 17.2 Å². The van der Waals surface area contributed by atoms with Gasteiger partial charge in [0.1, 0.15) is 5.75 Å². The van der Waals surface area contributed by atoms with Crippen molar-refractivity contribution in [3.63, 3.8) is 0 Å². The third kappa shape index (κ3) is 2.92. The van der Waals surface area contributed by atoms with Gasteiger partial charge in [0.05, 0.1) is 12.0 Å². The molecule has 0 saturated carbocycles. The van der Waals surface area contributed by atoms with Crippen molar-refractivity contribution >= 4 is 10.0 Å². The van der Waals surface area contributed by atoms with E-state index in [1.54, 1.807) is 35.7 Å². The van der Waals surface area contributed by atoms with Crippen LogP contribution in [0.15, 0.2) is 29.2 Å². The summed E-state index contributed by atoms with van der Waals surface area (Å²) in [5.74, 6) is 0.671. The fraction of sp³-hybridized carbons (Fsp3) is 0.571. The van der Waals surface area contributed by atoms with E-state index in [2.05, 4.69) is 0 Å². The molecule has 1 aliphatic rings. The fourth-order valence-electron chi connectivity index (χ4n) is 2.58. The number of sulfonamides is 1. The SMILES string of the molecule is CC[C@H]1CCCCN1S(=O)(=O)c1ccc(OC)cc1. The Kier molecular flexibility index (Phi) is 4.47. The molecule has 0 unspecified atom stereocenters.